The van der Waals surface area contributed by atoms with Crippen molar-refractivity contribution in [3.63, 3.8) is 0 Å². The van der Waals surface area contributed by atoms with Crippen molar-refractivity contribution in [1.29, 1.82) is 5.26 Å². The second-order valence-corrected chi connectivity index (χ2v) is 8.20. The van der Waals surface area contributed by atoms with Crippen molar-refractivity contribution < 1.29 is 17.9 Å². The standard InChI is InChI=1S/C23H28F3NO/c24-23(25,26)21-11-9-20(10-12-21)19-7-3-18(4-8-19)16-28-22-13-5-17(6-14-22)2-1-15-27/h1-2,9-12,17-19,22H,3-8,13-14,16H2. The van der Waals surface area contributed by atoms with Gasteiger partial charge in [0.05, 0.1) is 17.7 Å². The van der Waals surface area contributed by atoms with Crippen molar-refractivity contribution in [2.24, 2.45) is 11.8 Å². The van der Waals surface area contributed by atoms with E-state index in [1.54, 1.807) is 18.2 Å². The van der Waals surface area contributed by atoms with Crippen molar-refractivity contribution in [2.75, 3.05) is 6.61 Å². The van der Waals surface area contributed by atoms with E-state index in [-0.39, 0.29) is 0 Å². The summed E-state index contributed by atoms with van der Waals surface area (Å²) >= 11 is 0. The average molecular weight is 391 g/mol. The molecule has 0 unspecified atom stereocenters. The minimum Gasteiger partial charge on any atom is -0.378 e. The highest BCUT2D eigenvalue weighted by atomic mass is 19.4. The van der Waals surface area contributed by atoms with Crippen LogP contribution in [0.15, 0.2) is 36.4 Å². The normalized spacial score (nSPS) is 28.9. The molecule has 2 fully saturated rings. The number of nitriles is 1. The molecule has 0 aliphatic heterocycles. The zero-order valence-corrected chi connectivity index (χ0v) is 16.1. The molecular formula is C23H28F3NO. The SMILES string of the molecule is N#CC=CC1CCC(OCC2CCC(c3ccc(C(F)(F)F)cc3)CC2)CC1. The molecule has 5 heteroatoms. The smallest absolute Gasteiger partial charge is 0.378 e. The maximum absolute atomic E-state index is 12.7. The van der Waals surface area contributed by atoms with Crippen LogP contribution in [0.3, 0.4) is 0 Å². The number of nitrogens with zero attached hydrogens (tertiary/aromatic N) is 1. The highest BCUT2D eigenvalue weighted by Crippen LogP contribution is 2.38. The van der Waals surface area contributed by atoms with Gasteiger partial charge in [-0.3, -0.25) is 0 Å². The van der Waals surface area contributed by atoms with Crippen LogP contribution >= 0.6 is 0 Å². The van der Waals surface area contributed by atoms with Crippen molar-refractivity contribution in [3.05, 3.63) is 47.5 Å². The monoisotopic (exact) mass is 391 g/mol. The fourth-order valence-corrected chi connectivity index (χ4v) is 4.51. The van der Waals surface area contributed by atoms with E-state index in [0.717, 1.165) is 63.5 Å². The maximum atomic E-state index is 12.7. The Bertz CT molecular complexity index is 673. The Morgan fingerprint density at radius 2 is 1.61 bits per heavy atom. The van der Waals surface area contributed by atoms with E-state index in [2.05, 4.69) is 6.07 Å². The van der Waals surface area contributed by atoms with Crippen LogP contribution in [0.2, 0.25) is 0 Å². The van der Waals surface area contributed by atoms with E-state index in [1.807, 2.05) is 6.08 Å². The summed E-state index contributed by atoms with van der Waals surface area (Å²) in [5.74, 6) is 1.43. The molecule has 2 saturated carbocycles. The highest BCUT2D eigenvalue weighted by Gasteiger charge is 2.31. The van der Waals surface area contributed by atoms with Gasteiger partial charge in [-0.25, -0.2) is 0 Å². The topological polar surface area (TPSA) is 33.0 Å². The van der Waals surface area contributed by atoms with E-state index >= 15 is 0 Å². The van der Waals surface area contributed by atoms with Gasteiger partial charge in [0.15, 0.2) is 0 Å². The summed E-state index contributed by atoms with van der Waals surface area (Å²) in [4.78, 5) is 0. The van der Waals surface area contributed by atoms with Crippen molar-refractivity contribution in [1.82, 2.24) is 0 Å². The molecule has 0 spiro atoms. The van der Waals surface area contributed by atoms with Gasteiger partial charge in [-0.05, 0) is 86.8 Å². The Kier molecular flexibility index (Phi) is 7.18. The first-order valence-corrected chi connectivity index (χ1v) is 10.3. The predicted octanol–water partition coefficient (Wildman–Crippen LogP) is 6.63. The highest BCUT2D eigenvalue weighted by molar-refractivity contribution is 5.27. The summed E-state index contributed by atoms with van der Waals surface area (Å²) in [6, 6.07) is 7.74. The van der Waals surface area contributed by atoms with E-state index < -0.39 is 11.7 Å². The van der Waals surface area contributed by atoms with Crippen LogP contribution in [0, 0.1) is 23.2 Å². The van der Waals surface area contributed by atoms with E-state index in [9.17, 15) is 13.2 Å². The summed E-state index contributed by atoms with van der Waals surface area (Å²) in [6.45, 7) is 0.795. The number of hydrogen-bond acceptors (Lipinski definition) is 2. The van der Waals surface area contributed by atoms with Crippen LogP contribution in [0.25, 0.3) is 0 Å². The van der Waals surface area contributed by atoms with Crippen LogP contribution in [-0.4, -0.2) is 12.7 Å². The lowest BCUT2D eigenvalue weighted by Crippen LogP contribution is -2.25. The van der Waals surface area contributed by atoms with Gasteiger partial charge in [-0.15, -0.1) is 0 Å². The third kappa shape index (κ3) is 5.85. The maximum Gasteiger partial charge on any atom is 0.416 e. The first-order chi connectivity index (χ1) is 13.5. The molecule has 3 rings (SSSR count). The van der Waals surface area contributed by atoms with Gasteiger partial charge in [-0.1, -0.05) is 18.2 Å². The molecule has 0 heterocycles. The number of halogens is 3. The quantitative estimate of drug-likeness (QED) is 0.528. The first-order valence-electron chi connectivity index (χ1n) is 10.3. The first kappa shape index (κ1) is 20.9. The Balaban J connectivity index is 1.38. The lowest BCUT2D eigenvalue weighted by atomic mass is 9.79. The van der Waals surface area contributed by atoms with Crippen LogP contribution in [0.1, 0.15) is 68.4 Å². The average Bonchev–Trinajstić information content (AvgIpc) is 2.71. The molecule has 1 aromatic rings. The van der Waals surface area contributed by atoms with Crippen LogP contribution in [0.4, 0.5) is 13.2 Å². The molecule has 2 nitrogen and oxygen atoms in total. The number of rotatable bonds is 5. The second kappa shape index (κ2) is 9.60. The largest absolute Gasteiger partial charge is 0.416 e. The van der Waals surface area contributed by atoms with Gasteiger partial charge in [0, 0.05) is 12.7 Å². The summed E-state index contributed by atoms with van der Waals surface area (Å²) in [7, 11) is 0. The number of benzene rings is 1. The van der Waals surface area contributed by atoms with Crippen LogP contribution in [0.5, 0.6) is 0 Å². The number of hydrogen-bond donors (Lipinski definition) is 0. The van der Waals surface area contributed by atoms with Gasteiger partial charge in [0.1, 0.15) is 0 Å². The molecule has 0 radical (unpaired) electrons. The minimum atomic E-state index is -4.27. The van der Waals surface area contributed by atoms with Crippen molar-refractivity contribution in [3.8, 4) is 6.07 Å². The fraction of sp³-hybridized carbons (Fsp3) is 0.609. The third-order valence-corrected chi connectivity index (χ3v) is 6.29. The molecule has 0 N–H and O–H groups in total. The Morgan fingerprint density at radius 1 is 0.964 bits per heavy atom. The van der Waals surface area contributed by atoms with Crippen LogP contribution in [-0.2, 0) is 10.9 Å². The Labute approximate surface area is 165 Å². The molecule has 0 amide bonds. The van der Waals surface area contributed by atoms with E-state index in [1.165, 1.54) is 12.1 Å². The summed E-state index contributed by atoms with van der Waals surface area (Å²) in [6.07, 6.45) is 8.14. The summed E-state index contributed by atoms with van der Waals surface area (Å²) < 4.78 is 44.2. The molecule has 0 aromatic heterocycles. The lowest BCUT2D eigenvalue weighted by Gasteiger charge is -2.32. The number of allylic oxidation sites excluding steroid dienone is 2. The fourth-order valence-electron chi connectivity index (χ4n) is 4.51. The third-order valence-electron chi connectivity index (χ3n) is 6.29. The van der Waals surface area contributed by atoms with Gasteiger partial charge in [-0.2, -0.15) is 18.4 Å². The predicted molar refractivity (Wildman–Crippen MR) is 103 cm³/mol. The second-order valence-electron chi connectivity index (χ2n) is 8.20. The van der Waals surface area contributed by atoms with Crippen molar-refractivity contribution in [2.45, 2.75) is 69.6 Å². The van der Waals surface area contributed by atoms with E-state index in [4.69, 9.17) is 10.00 Å². The van der Waals surface area contributed by atoms with Gasteiger partial charge >= 0.3 is 6.18 Å². The molecule has 1 aromatic carbocycles. The van der Waals surface area contributed by atoms with Crippen molar-refractivity contribution >= 4 is 0 Å². The molecule has 0 atom stereocenters. The molecule has 2 aliphatic carbocycles. The van der Waals surface area contributed by atoms with Crippen LogP contribution < -0.4 is 0 Å². The molecule has 0 saturated heterocycles. The van der Waals surface area contributed by atoms with Gasteiger partial charge in [0.2, 0.25) is 0 Å². The molecule has 0 bridgehead atoms. The number of ether oxygens (including phenoxy) is 1. The molecule has 2 aliphatic rings. The summed E-state index contributed by atoms with van der Waals surface area (Å²) in [5, 5.41) is 8.61. The van der Waals surface area contributed by atoms with Gasteiger partial charge < -0.3 is 4.74 Å². The Morgan fingerprint density at radius 3 is 2.18 bits per heavy atom. The van der Waals surface area contributed by atoms with E-state index in [0.29, 0.717) is 23.9 Å². The van der Waals surface area contributed by atoms with Gasteiger partial charge in [0.25, 0.3) is 0 Å². The molecular weight excluding hydrogens is 363 g/mol. The molecule has 152 valence electrons. The zero-order chi connectivity index (χ0) is 20.0. The lowest BCUT2D eigenvalue weighted by molar-refractivity contribution is -0.137. The Hall–Kier alpha value is -1.80. The summed E-state index contributed by atoms with van der Waals surface area (Å²) in [5.41, 5.74) is 0.451. The number of alkyl halides is 3. The minimum absolute atomic E-state index is 0.333. The molecule has 28 heavy (non-hydrogen) atoms. The zero-order valence-electron chi connectivity index (χ0n) is 16.1.